The smallest absolute Gasteiger partial charge is 0.258 e. The van der Waals surface area contributed by atoms with Crippen LogP contribution in [0.4, 0.5) is 5.82 Å². The van der Waals surface area contributed by atoms with Gasteiger partial charge in [-0.2, -0.15) is 9.78 Å². The number of anilines is 1. The molecule has 1 amide bonds. The summed E-state index contributed by atoms with van der Waals surface area (Å²) in [7, 11) is 0. The van der Waals surface area contributed by atoms with Crippen molar-refractivity contribution < 1.29 is 4.79 Å². The summed E-state index contributed by atoms with van der Waals surface area (Å²) in [5.74, 6) is 0.896. The molecule has 4 aromatic rings. The summed E-state index contributed by atoms with van der Waals surface area (Å²) in [6.45, 7) is 3.90. The van der Waals surface area contributed by atoms with Gasteiger partial charge in [0.1, 0.15) is 5.82 Å². The van der Waals surface area contributed by atoms with Crippen molar-refractivity contribution in [3.8, 4) is 5.82 Å². The standard InChI is InChI=1S/C21H17ClN4O/c1-13-11-19(23-18-10-6-4-7-15(13)18)26-20(12-14(2)25-26)24-21(27)16-8-3-5-9-17(16)22/h3-12H,1-2H3,(H,24,27). The van der Waals surface area contributed by atoms with Gasteiger partial charge in [-0.1, -0.05) is 41.9 Å². The van der Waals surface area contributed by atoms with E-state index < -0.39 is 0 Å². The van der Waals surface area contributed by atoms with Crippen LogP contribution in [0.1, 0.15) is 21.6 Å². The van der Waals surface area contributed by atoms with E-state index in [-0.39, 0.29) is 5.91 Å². The Bertz CT molecular complexity index is 1170. The number of hydrogen-bond donors (Lipinski definition) is 1. The molecule has 0 aliphatic carbocycles. The monoisotopic (exact) mass is 376 g/mol. The molecule has 6 heteroatoms. The minimum atomic E-state index is -0.292. The Morgan fingerprint density at radius 1 is 1.04 bits per heavy atom. The summed E-state index contributed by atoms with van der Waals surface area (Å²) in [5.41, 5.74) is 3.15. The number of carbonyl (C=O) groups is 1. The number of rotatable bonds is 3. The second-order valence-corrected chi connectivity index (χ2v) is 6.74. The van der Waals surface area contributed by atoms with Crippen LogP contribution in [0.3, 0.4) is 0 Å². The first-order valence-corrected chi connectivity index (χ1v) is 8.90. The number of hydrogen-bond acceptors (Lipinski definition) is 3. The highest BCUT2D eigenvalue weighted by Gasteiger charge is 2.16. The predicted molar refractivity (Wildman–Crippen MR) is 108 cm³/mol. The highest BCUT2D eigenvalue weighted by atomic mass is 35.5. The molecule has 27 heavy (non-hydrogen) atoms. The molecule has 0 saturated heterocycles. The first kappa shape index (κ1) is 17.2. The zero-order valence-electron chi connectivity index (χ0n) is 14.9. The van der Waals surface area contributed by atoms with Crippen LogP contribution in [0.2, 0.25) is 5.02 Å². The van der Waals surface area contributed by atoms with Gasteiger partial charge in [-0.3, -0.25) is 4.79 Å². The van der Waals surface area contributed by atoms with Crippen LogP contribution in [0, 0.1) is 13.8 Å². The molecule has 0 unspecified atom stereocenters. The normalized spacial score (nSPS) is 10.9. The molecule has 0 atom stereocenters. The Kier molecular flexibility index (Phi) is 4.38. The summed E-state index contributed by atoms with van der Waals surface area (Å²) >= 11 is 6.14. The van der Waals surface area contributed by atoms with E-state index >= 15 is 0 Å². The van der Waals surface area contributed by atoms with Crippen LogP contribution in [-0.2, 0) is 0 Å². The number of halogens is 1. The fourth-order valence-corrected chi connectivity index (χ4v) is 3.25. The average Bonchev–Trinajstić information content (AvgIpc) is 3.02. The van der Waals surface area contributed by atoms with E-state index in [0.717, 1.165) is 22.2 Å². The lowest BCUT2D eigenvalue weighted by Crippen LogP contribution is -2.16. The lowest BCUT2D eigenvalue weighted by Gasteiger charge is -2.11. The number of carbonyl (C=O) groups excluding carboxylic acids is 1. The van der Waals surface area contributed by atoms with Gasteiger partial charge in [-0.05, 0) is 43.7 Å². The molecule has 1 N–H and O–H groups in total. The second-order valence-electron chi connectivity index (χ2n) is 6.33. The van der Waals surface area contributed by atoms with Crippen molar-refractivity contribution in [1.29, 1.82) is 0 Å². The molecule has 0 radical (unpaired) electrons. The van der Waals surface area contributed by atoms with Crippen molar-refractivity contribution >= 4 is 34.2 Å². The lowest BCUT2D eigenvalue weighted by atomic mass is 10.1. The minimum Gasteiger partial charge on any atom is -0.306 e. The molecule has 5 nitrogen and oxygen atoms in total. The quantitative estimate of drug-likeness (QED) is 0.550. The summed E-state index contributed by atoms with van der Waals surface area (Å²) < 4.78 is 1.64. The Labute approximate surface area is 161 Å². The van der Waals surface area contributed by atoms with Gasteiger partial charge >= 0.3 is 0 Å². The van der Waals surface area contributed by atoms with Crippen molar-refractivity contribution in [1.82, 2.24) is 14.8 Å². The van der Waals surface area contributed by atoms with Gasteiger partial charge in [0, 0.05) is 11.5 Å². The Morgan fingerprint density at radius 2 is 1.78 bits per heavy atom. The molecular weight excluding hydrogens is 360 g/mol. The van der Waals surface area contributed by atoms with Crippen LogP contribution >= 0.6 is 11.6 Å². The van der Waals surface area contributed by atoms with Gasteiger partial charge in [-0.15, -0.1) is 0 Å². The summed E-state index contributed by atoms with van der Waals surface area (Å²) in [6.07, 6.45) is 0. The average molecular weight is 377 g/mol. The highest BCUT2D eigenvalue weighted by molar-refractivity contribution is 6.34. The first-order valence-electron chi connectivity index (χ1n) is 8.52. The van der Waals surface area contributed by atoms with E-state index in [1.54, 1.807) is 35.0 Å². The SMILES string of the molecule is Cc1cc(NC(=O)c2ccccc2Cl)n(-c2cc(C)c3ccccc3n2)n1. The van der Waals surface area contributed by atoms with Gasteiger partial charge in [0.15, 0.2) is 5.82 Å². The number of fused-ring (bicyclic) bond motifs is 1. The van der Waals surface area contributed by atoms with Gasteiger partial charge in [0.05, 0.1) is 21.8 Å². The Balaban J connectivity index is 1.76. The molecule has 0 saturated carbocycles. The fraction of sp³-hybridized carbons (Fsp3) is 0.0952. The molecule has 2 aromatic carbocycles. The van der Waals surface area contributed by atoms with Crippen LogP contribution < -0.4 is 5.32 Å². The number of pyridine rings is 1. The Morgan fingerprint density at radius 3 is 2.59 bits per heavy atom. The molecule has 4 rings (SSSR count). The zero-order chi connectivity index (χ0) is 19.0. The third kappa shape index (κ3) is 3.29. The molecule has 0 bridgehead atoms. The third-order valence-corrected chi connectivity index (χ3v) is 4.65. The third-order valence-electron chi connectivity index (χ3n) is 4.32. The van der Waals surface area contributed by atoms with E-state index in [4.69, 9.17) is 16.6 Å². The van der Waals surface area contributed by atoms with Crippen molar-refractivity contribution in [2.75, 3.05) is 5.32 Å². The number of aryl methyl sites for hydroxylation is 2. The number of para-hydroxylation sites is 1. The van der Waals surface area contributed by atoms with Crippen LogP contribution in [0.25, 0.3) is 16.7 Å². The van der Waals surface area contributed by atoms with E-state index in [2.05, 4.69) is 10.4 Å². The van der Waals surface area contributed by atoms with Gasteiger partial charge in [0.2, 0.25) is 0 Å². The van der Waals surface area contributed by atoms with Crippen LogP contribution in [-0.4, -0.2) is 20.7 Å². The van der Waals surface area contributed by atoms with E-state index in [9.17, 15) is 4.79 Å². The Hall–Kier alpha value is -3.18. The molecule has 2 heterocycles. The molecule has 0 spiro atoms. The molecule has 134 valence electrons. The number of amides is 1. The summed E-state index contributed by atoms with van der Waals surface area (Å²) in [6, 6.07) is 18.6. The maximum absolute atomic E-state index is 12.6. The fourth-order valence-electron chi connectivity index (χ4n) is 3.03. The van der Waals surface area contributed by atoms with Gasteiger partial charge < -0.3 is 5.32 Å². The number of aromatic nitrogens is 3. The van der Waals surface area contributed by atoms with Crippen LogP contribution in [0.5, 0.6) is 0 Å². The maximum atomic E-state index is 12.6. The summed E-state index contributed by atoms with van der Waals surface area (Å²) in [5, 5.41) is 8.89. The van der Waals surface area contributed by atoms with Crippen molar-refractivity contribution in [2.24, 2.45) is 0 Å². The van der Waals surface area contributed by atoms with Gasteiger partial charge in [0.25, 0.3) is 5.91 Å². The largest absolute Gasteiger partial charge is 0.306 e. The van der Waals surface area contributed by atoms with E-state index in [1.807, 2.05) is 44.2 Å². The first-order chi connectivity index (χ1) is 13.0. The maximum Gasteiger partial charge on any atom is 0.258 e. The molecule has 0 fully saturated rings. The summed E-state index contributed by atoms with van der Waals surface area (Å²) in [4.78, 5) is 17.4. The zero-order valence-corrected chi connectivity index (χ0v) is 15.7. The van der Waals surface area contributed by atoms with Crippen molar-refractivity contribution in [3.63, 3.8) is 0 Å². The number of nitrogens with zero attached hydrogens (tertiary/aromatic N) is 3. The topological polar surface area (TPSA) is 59.8 Å². The van der Waals surface area contributed by atoms with E-state index in [0.29, 0.717) is 22.2 Å². The highest BCUT2D eigenvalue weighted by Crippen LogP contribution is 2.23. The predicted octanol–water partition coefficient (Wildman–Crippen LogP) is 4.94. The minimum absolute atomic E-state index is 0.292. The number of benzene rings is 2. The van der Waals surface area contributed by atoms with Crippen molar-refractivity contribution in [3.05, 3.63) is 82.5 Å². The molecular formula is C21H17ClN4O. The lowest BCUT2D eigenvalue weighted by molar-refractivity contribution is 0.102. The van der Waals surface area contributed by atoms with Gasteiger partial charge in [-0.25, -0.2) is 4.98 Å². The number of nitrogens with one attached hydrogen (secondary N) is 1. The molecule has 0 aliphatic rings. The van der Waals surface area contributed by atoms with Crippen molar-refractivity contribution in [2.45, 2.75) is 13.8 Å². The molecule has 2 aromatic heterocycles. The second kappa shape index (κ2) is 6.85. The van der Waals surface area contributed by atoms with E-state index in [1.165, 1.54) is 0 Å². The van der Waals surface area contributed by atoms with Crippen LogP contribution in [0.15, 0.2) is 60.7 Å². The molecule has 0 aliphatic heterocycles.